The maximum Gasteiger partial charge on any atom is 0.230 e. The molecule has 212 valence electrons. The largest absolute Gasteiger partial charge is 0.307 e. The fourth-order valence-corrected chi connectivity index (χ4v) is 6.87. The first-order valence-electron chi connectivity index (χ1n) is 15.3. The minimum Gasteiger partial charge on any atom is -0.307 e. The molecule has 6 nitrogen and oxygen atoms in total. The van der Waals surface area contributed by atoms with Crippen LogP contribution >= 0.6 is 0 Å². The second-order valence-corrected chi connectivity index (χ2v) is 13.6. The fourth-order valence-electron chi connectivity index (χ4n) is 6.87. The van der Waals surface area contributed by atoms with Crippen molar-refractivity contribution in [2.45, 2.75) is 91.5 Å². The van der Waals surface area contributed by atoms with Crippen molar-refractivity contribution in [2.75, 3.05) is 24.5 Å². The average molecular weight is 533 g/mol. The maximum atomic E-state index is 13.8. The first kappa shape index (κ1) is 28.1. The first-order valence-corrected chi connectivity index (χ1v) is 15.3. The molecule has 1 saturated carbocycles. The van der Waals surface area contributed by atoms with Crippen LogP contribution in [0.3, 0.4) is 0 Å². The summed E-state index contributed by atoms with van der Waals surface area (Å²) in [5.74, 6) is 1.64. The zero-order chi connectivity index (χ0) is 27.6. The summed E-state index contributed by atoms with van der Waals surface area (Å²) in [4.78, 5) is 31.4. The molecule has 0 atom stereocenters. The highest BCUT2D eigenvalue weighted by atomic mass is 16.2. The molecule has 6 heteroatoms. The number of aryl methyl sites for hydroxylation is 1. The monoisotopic (exact) mass is 532 g/mol. The Kier molecular flexibility index (Phi) is 8.60. The van der Waals surface area contributed by atoms with Gasteiger partial charge in [-0.15, -0.1) is 0 Å². The van der Waals surface area contributed by atoms with Crippen LogP contribution in [-0.2, 0) is 29.6 Å². The van der Waals surface area contributed by atoms with Crippen LogP contribution in [0.4, 0.5) is 5.69 Å². The van der Waals surface area contributed by atoms with Crippen LogP contribution in [0, 0.1) is 23.2 Å². The van der Waals surface area contributed by atoms with Gasteiger partial charge in [0.15, 0.2) is 0 Å². The number of ketones is 1. The van der Waals surface area contributed by atoms with Gasteiger partial charge in [0.25, 0.3) is 0 Å². The number of likely N-dealkylation sites (tertiary alicyclic amines) is 1. The van der Waals surface area contributed by atoms with Crippen molar-refractivity contribution < 1.29 is 9.59 Å². The maximum absolute atomic E-state index is 13.8. The van der Waals surface area contributed by atoms with Crippen LogP contribution in [0.2, 0.25) is 0 Å². The lowest BCUT2D eigenvalue weighted by Gasteiger charge is -2.34. The third-order valence-electron chi connectivity index (χ3n) is 9.60. The van der Waals surface area contributed by atoms with E-state index in [-0.39, 0.29) is 17.7 Å². The van der Waals surface area contributed by atoms with Crippen molar-refractivity contribution in [1.82, 2.24) is 14.7 Å². The molecule has 2 aliphatic heterocycles. The molecular formula is C33H48N4O2. The third kappa shape index (κ3) is 6.82. The SMILES string of the molecule is Cn1ncc2c1Cc1ccccc1N(C(=O)C1CCC(CCC(=O)C3CCN(CCC(C)(C)C)CC3)CC1)C2. The Morgan fingerprint density at radius 2 is 1.67 bits per heavy atom. The number of nitrogens with zero attached hydrogens (tertiary/aromatic N) is 4. The van der Waals surface area contributed by atoms with E-state index in [4.69, 9.17) is 0 Å². The highest BCUT2D eigenvalue weighted by Crippen LogP contribution is 2.37. The van der Waals surface area contributed by atoms with Crippen LogP contribution in [0.1, 0.15) is 95.4 Å². The van der Waals surface area contributed by atoms with Crippen LogP contribution in [0.25, 0.3) is 0 Å². The summed E-state index contributed by atoms with van der Waals surface area (Å²) in [5, 5.41) is 4.47. The quantitative estimate of drug-likeness (QED) is 0.428. The van der Waals surface area contributed by atoms with Crippen molar-refractivity contribution in [1.29, 1.82) is 0 Å². The average Bonchev–Trinajstić information content (AvgIpc) is 3.18. The number of carbonyl (C=O) groups excluding carboxylic acids is 2. The fraction of sp³-hybridized carbons (Fsp3) is 0.667. The second kappa shape index (κ2) is 12.0. The molecular weight excluding hydrogens is 484 g/mol. The molecule has 2 aromatic rings. The lowest BCUT2D eigenvalue weighted by atomic mass is 9.78. The molecule has 1 aliphatic carbocycles. The molecule has 1 aromatic heterocycles. The first-order chi connectivity index (χ1) is 18.7. The number of para-hydroxylation sites is 1. The predicted octanol–water partition coefficient (Wildman–Crippen LogP) is 6.16. The number of anilines is 1. The molecule has 5 rings (SSSR count). The Morgan fingerprint density at radius 1 is 0.949 bits per heavy atom. The van der Waals surface area contributed by atoms with E-state index in [0.717, 1.165) is 88.7 Å². The van der Waals surface area contributed by atoms with Gasteiger partial charge in [-0.2, -0.15) is 5.10 Å². The zero-order valence-electron chi connectivity index (χ0n) is 24.6. The number of hydrogen-bond donors (Lipinski definition) is 0. The van der Waals surface area contributed by atoms with Crippen LogP contribution in [0.15, 0.2) is 30.5 Å². The second-order valence-electron chi connectivity index (χ2n) is 13.6. The van der Waals surface area contributed by atoms with Gasteiger partial charge in [-0.3, -0.25) is 14.3 Å². The molecule has 39 heavy (non-hydrogen) atoms. The Bertz CT molecular complexity index is 1150. The molecule has 1 aromatic carbocycles. The molecule has 0 N–H and O–H groups in total. The van der Waals surface area contributed by atoms with Gasteiger partial charge < -0.3 is 9.80 Å². The normalized spacial score (nSPS) is 22.7. The number of amides is 1. The van der Waals surface area contributed by atoms with Gasteiger partial charge in [0.2, 0.25) is 5.91 Å². The van der Waals surface area contributed by atoms with Crippen molar-refractivity contribution in [3.05, 3.63) is 47.3 Å². The van der Waals surface area contributed by atoms with Crippen molar-refractivity contribution in [3.63, 3.8) is 0 Å². The minimum absolute atomic E-state index is 0.0701. The van der Waals surface area contributed by atoms with Gasteiger partial charge in [-0.1, -0.05) is 39.0 Å². The molecule has 1 amide bonds. The van der Waals surface area contributed by atoms with Crippen molar-refractivity contribution in [2.24, 2.45) is 30.2 Å². The highest BCUT2D eigenvalue weighted by Gasteiger charge is 2.34. The summed E-state index contributed by atoms with van der Waals surface area (Å²) in [7, 11) is 1.99. The van der Waals surface area contributed by atoms with Gasteiger partial charge in [-0.25, -0.2) is 0 Å². The lowest BCUT2D eigenvalue weighted by Crippen LogP contribution is -2.38. The summed E-state index contributed by atoms with van der Waals surface area (Å²) in [6, 6.07) is 8.34. The number of hydrogen-bond acceptors (Lipinski definition) is 4. The highest BCUT2D eigenvalue weighted by molar-refractivity contribution is 5.96. The summed E-state index contributed by atoms with van der Waals surface area (Å²) in [5.41, 5.74) is 4.96. The molecule has 0 radical (unpaired) electrons. The summed E-state index contributed by atoms with van der Waals surface area (Å²) in [6.45, 7) is 10.8. The minimum atomic E-state index is 0.0701. The summed E-state index contributed by atoms with van der Waals surface area (Å²) >= 11 is 0. The molecule has 0 bridgehead atoms. The third-order valence-corrected chi connectivity index (χ3v) is 9.60. The number of Topliss-reactive ketones (excluding diaryl/α,β-unsaturated/α-hetero) is 1. The topological polar surface area (TPSA) is 58.4 Å². The van der Waals surface area contributed by atoms with Gasteiger partial charge in [0.05, 0.1) is 12.7 Å². The van der Waals surface area contributed by atoms with Crippen molar-refractivity contribution in [3.8, 4) is 0 Å². The Hall–Kier alpha value is -2.47. The summed E-state index contributed by atoms with van der Waals surface area (Å²) in [6.07, 6.45) is 11.7. The Labute approximate surface area is 235 Å². The number of aromatic nitrogens is 2. The standard InChI is InChI=1S/C33H48N4O2/c1-33(2,3)17-20-36-18-15-25(16-19-36)31(38)14-11-24-9-12-26(13-10-24)32(39)37-23-28-22-34-35(4)30(28)21-27-7-5-6-8-29(27)37/h5-8,22,24-26H,9-21,23H2,1-4H3. The number of rotatable bonds is 7. The van der Waals surface area contributed by atoms with Gasteiger partial charge >= 0.3 is 0 Å². The lowest BCUT2D eigenvalue weighted by molar-refractivity contribution is -0.125. The smallest absolute Gasteiger partial charge is 0.230 e. The Balaban J connectivity index is 1.09. The van der Waals surface area contributed by atoms with E-state index >= 15 is 0 Å². The van der Waals surface area contributed by atoms with E-state index in [2.05, 4.69) is 49.0 Å². The predicted molar refractivity (Wildman–Crippen MR) is 157 cm³/mol. The molecule has 3 heterocycles. The number of piperidine rings is 1. The summed E-state index contributed by atoms with van der Waals surface area (Å²) < 4.78 is 1.95. The number of fused-ring (bicyclic) bond motifs is 2. The molecule has 1 saturated heterocycles. The van der Waals surface area contributed by atoms with E-state index in [1.807, 2.05) is 28.9 Å². The van der Waals surface area contributed by atoms with Crippen LogP contribution in [0.5, 0.6) is 0 Å². The van der Waals surface area contributed by atoms with Gasteiger partial charge in [-0.05, 0) is 94.0 Å². The van der Waals surface area contributed by atoms with Crippen LogP contribution < -0.4 is 4.90 Å². The van der Waals surface area contributed by atoms with E-state index in [1.54, 1.807) is 0 Å². The van der Waals surface area contributed by atoms with Gasteiger partial charge in [0, 0.05) is 48.7 Å². The van der Waals surface area contributed by atoms with E-state index in [1.165, 1.54) is 17.7 Å². The zero-order valence-corrected chi connectivity index (χ0v) is 24.6. The molecule has 0 unspecified atom stereocenters. The van der Waals surface area contributed by atoms with E-state index in [9.17, 15) is 9.59 Å². The van der Waals surface area contributed by atoms with Gasteiger partial charge in [0.1, 0.15) is 5.78 Å². The van der Waals surface area contributed by atoms with E-state index < -0.39 is 0 Å². The number of carbonyl (C=O) groups is 2. The Morgan fingerprint density at radius 3 is 2.38 bits per heavy atom. The van der Waals surface area contributed by atoms with Crippen molar-refractivity contribution >= 4 is 17.4 Å². The molecule has 0 spiro atoms. The molecule has 3 aliphatic rings. The van der Waals surface area contributed by atoms with Crippen LogP contribution in [-0.4, -0.2) is 46.0 Å². The molecule has 2 fully saturated rings. The number of benzene rings is 1. The van der Waals surface area contributed by atoms with E-state index in [0.29, 0.717) is 23.7 Å².